The minimum Gasteiger partial charge on any atom is -0.467 e. The van der Waals surface area contributed by atoms with E-state index in [-0.39, 0.29) is 18.5 Å². The molecule has 0 aromatic carbocycles. The highest BCUT2D eigenvalue weighted by atomic mass is 16.5. The molecule has 2 rings (SSSR count). The highest BCUT2D eigenvalue weighted by molar-refractivity contribution is 5.85. The number of hydrogen-bond acceptors (Lipinski definition) is 4. The van der Waals surface area contributed by atoms with Gasteiger partial charge in [-0.2, -0.15) is 0 Å². The molecule has 0 aromatic heterocycles. The Hall–Kier alpha value is -1.10. The van der Waals surface area contributed by atoms with Crippen molar-refractivity contribution in [3.8, 4) is 0 Å². The lowest BCUT2D eigenvalue weighted by molar-refractivity contribution is -0.160. The molecular weight excluding hydrogens is 246 g/mol. The third-order valence-electron chi connectivity index (χ3n) is 4.15. The molecule has 19 heavy (non-hydrogen) atoms. The Labute approximate surface area is 114 Å². The van der Waals surface area contributed by atoms with Gasteiger partial charge < -0.3 is 14.4 Å². The van der Waals surface area contributed by atoms with Crippen molar-refractivity contribution in [3.63, 3.8) is 0 Å². The highest BCUT2D eigenvalue weighted by Crippen LogP contribution is 2.29. The second kappa shape index (κ2) is 6.89. The van der Waals surface area contributed by atoms with Crippen LogP contribution in [0.4, 0.5) is 0 Å². The molecule has 1 amide bonds. The maximum Gasteiger partial charge on any atom is 0.328 e. The standard InChI is InChI=1S/C14H23NO4/c1-18-14(17)12(9-11-5-3-2-4-6-11)15-7-8-19-10-13(15)16/h11-12H,2-10H2,1H3/t12-/m0/s1. The largest absolute Gasteiger partial charge is 0.467 e. The normalized spacial score (nSPS) is 23.2. The van der Waals surface area contributed by atoms with Crippen LogP contribution in [0.15, 0.2) is 0 Å². The summed E-state index contributed by atoms with van der Waals surface area (Å²) in [4.78, 5) is 25.5. The maximum absolute atomic E-state index is 12.0. The summed E-state index contributed by atoms with van der Waals surface area (Å²) in [6, 6.07) is -0.426. The lowest BCUT2D eigenvalue weighted by Crippen LogP contribution is -2.52. The number of amides is 1. The highest BCUT2D eigenvalue weighted by Gasteiger charge is 2.34. The number of esters is 1. The Morgan fingerprint density at radius 1 is 1.42 bits per heavy atom. The van der Waals surface area contributed by atoms with E-state index in [1.165, 1.54) is 26.4 Å². The van der Waals surface area contributed by atoms with Crippen LogP contribution in [-0.2, 0) is 19.1 Å². The van der Waals surface area contributed by atoms with Gasteiger partial charge in [0, 0.05) is 6.54 Å². The van der Waals surface area contributed by atoms with Gasteiger partial charge >= 0.3 is 5.97 Å². The Kier molecular flexibility index (Phi) is 5.19. The van der Waals surface area contributed by atoms with Gasteiger partial charge in [0.25, 0.3) is 0 Å². The molecule has 108 valence electrons. The third-order valence-corrected chi connectivity index (χ3v) is 4.15. The van der Waals surface area contributed by atoms with E-state index in [1.807, 2.05) is 0 Å². The molecule has 1 aliphatic carbocycles. The lowest BCUT2D eigenvalue weighted by Gasteiger charge is -2.35. The zero-order valence-corrected chi connectivity index (χ0v) is 11.6. The number of nitrogens with zero attached hydrogens (tertiary/aromatic N) is 1. The van der Waals surface area contributed by atoms with E-state index in [2.05, 4.69) is 0 Å². The first kappa shape index (κ1) is 14.3. The van der Waals surface area contributed by atoms with Crippen LogP contribution < -0.4 is 0 Å². The molecule has 1 aliphatic heterocycles. The summed E-state index contributed by atoms with van der Waals surface area (Å²) in [5.41, 5.74) is 0. The number of rotatable bonds is 4. The molecule has 2 fully saturated rings. The smallest absolute Gasteiger partial charge is 0.328 e. The van der Waals surface area contributed by atoms with Gasteiger partial charge in [-0.1, -0.05) is 32.1 Å². The van der Waals surface area contributed by atoms with Crippen molar-refractivity contribution < 1.29 is 19.1 Å². The predicted octanol–water partition coefficient (Wildman–Crippen LogP) is 1.36. The fraction of sp³-hybridized carbons (Fsp3) is 0.857. The van der Waals surface area contributed by atoms with Gasteiger partial charge in [0.2, 0.25) is 5.91 Å². The van der Waals surface area contributed by atoms with E-state index >= 15 is 0 Å². The van der Waals surface area contributed by atoms with E-state index in [9.17, 15) is 9.59 Å². The fourth-order valence-corrected chi connectivity index (χ4v) is 3.08. The number of morpholine rings is 1. The molecule has 1 heterocycles. The summed E-state index contributed by atoms with van der Waals surface area (Å²) < 4.78 is 10.0. The monoisotopic (exact) mass is 269 g/mol. The van der Waals surface area contributed by atoms with Crippen molar-refractivity contribution in [2.24, 2.45) is 5.92 Å². The molecule has 1 saturated heterocycles. The Morgan fingerprint density at radius 3 is 2.79 bits per heavy atom. The van der Waals surface area contributed by atoms with E-state index in [0.29, 0.717) is 19.1 Å². The van der Waals surface area contributed by atoms with Crippen molar-refractivity contribution in [1.82, 2.24) is 4.90 Å². The second-order valence-corrected chi connectivity index (χ2v) is 5.42. The first-order valence-electron chi connectivity index (χ1n) is 7.17. The van der Waals surface area contributed by atoms with Crippen molar-refractivity contribution in [1.29, 1.82) is 0 Å². The zero-order valence-electron chi connectivity index (χ0n) is 11.6. The van der Waals surface area contributed by atoms with Gasteiger partial charge in [-0.25, -0.2) is 4.79 Å². The molecule has 0 bridgehead atoms. The molecule has 0 N–H and O–H groups in total. The molecule has 5 nitrogen and oxygen atoms in total. The minimum atomic E-state index is -0.426. The van der Waals surface area contributed by atoms with Crippen LogP contribution in [0.1, 0.15) is 38.5 Å². The second-order valence-electron chi connectivity index (χ2n) is 5.42. The average molecular weight is 269 g/mol. The van der Waals surface area contributed by atoms with Crippen molar-refractivity contribution in [2.75, 3.05) is 26.9 Å². The molecule has 0 radical (unpaired) electrons. The van der Waals surface area contributed by atoms with Gasteiger partial charge in [-0.05, 0) is 12.3 Å². The molecule has 0 spiro atoms. The average Bonchev–Trinajstić information content (AvgIpc) is 2.46. The first-order chi connectivity index (χ1) is 9.22. The number of carbonyl (C=O) groups excluding carboxylic acids is 2. The van der Waals surface area contributed by atoms with Gasteiger partial charge in [-0.15, -0.1) is 0 Å². The molecule has 0 unspecified atom stereocenters. The minimum absolute atomic E-state index is 0.0815. The lowest BCUT2D eigenvalue weighted by atomic mass is 9.84. The van der Waals surface area contributed by atoms with Crippen molar-refractivity contribution >= 4 is 11.9 Å². The number of methoxy groups -OCH3 is 1. The molecular formula is C14H23NO4. The predicted molar refractivity (Wildman–Crippen MR) is 69.5 cm³/mol. The molecule has 1 atom stereocenters. The number of carbonyl (C=O) groups is 2. The van der Waals surface area contributed by atoms with Gasteiger partial charge in [-0.3, -0.25) is 4.79 Å². The van der Waals surface area contributed by atoms with E-state index in [4.69, 9.17) is 9.47 Å². The van der Waals surface area contributed by atoms with Crippen LogP contribution in [-0.4, -0.2) is 49.7 Å². The van der Waals surface area contributed by atoms with Gasteiger partial charge in [0.15, 0.2) is 0 Å². The molecule has 1 saturated carbocycles. The van der Waals surface area contributed by atoms with E-state index in [0.717, 1.165) is 19.3 Å². The van der Waals surface area contributed by atoms with Crippen LogP contribution in [0, 0.1) is 5.92 Å². The summed E-state index contributed by atoms with van der Waals surface area (Å²) in [6.07, 6.45) is 6.80. The van der Waals surface area contributed by atoms with E-state index < -0.39 is 6.04 Å². The van der Waals surface area contributed by atoms with Crippen LogP contribution >= 0.6 is 0 Å². The van der Waals surface area contributed by atoms with Gasteiger partial charge in [0.05, 0.1) is 13.7 Å². The topological polar surface area (TPSA) is 55.8 Å². The fourth-order valence-electron chi connectivity index (χ4n) is 3.08. The maximum atomic E-state index is 12.0. The summed E-state index contributed by atoms with van der Waals surface area (Å²) in [6.45, 7) is 1.08. The quantitative estimate of drug-likeness (QED) is 0.723. The van der Waals surface area contributed by atoms with E-state index in [1.54, 1.807) is 4.90 Å². The van der Waals surface area contributed by atoms with Crippen LogP contribution in [0.3, 0.4) is 0 Å². The van der Waals surface area contributed by atoms with Crippen LogP contribution in [0.5, 0.6) is 0 Å². The summed E-state index contributed by atoms with van der Waals surface area (Å²) in [5.74, 6) is 0.145. The van der Waals surface area contributed by atoms with Crippen molar-refractivity contribution in [3.05, 3.63) is 0 Å². The summed E-state index contributed by atoms with van der Waals surface area (Å²) in [7, 11) is 1.39. The Bertz CT molecular complexity index is 325. The SMILES string of the molecule is COC(=O)[C@H](CC1CCCCC1)N1CCOCC1=O. The Balaban J connectivity index is 2.01. The Morgan fingerprint density at radius 2 is 2.16 bits per heavy atom. The van der Waals surface area contributed by atoms with Crippen LogP contribution in [0.25, 0.3) is 0 Å². The molecule has 2 aliphatic rings. The number of ether oxygens (including phenoxy) is 2. The molecule has 0 aromatic rings. The van der Waals surface area contributed by atoms with Gasteiger partial charge in [0.1, 0.15) is 12.6 Å². The van der Waals surface area contributed by atoms with Crippen LogP contribution in [0.2, 0.25) is 0 Å². The molecule has 5 heteroatoms. The van der Waals surface area contributed by atoms with Crippen molar-refractivity contribution in [2.45, 2.75) is 44.6 Å². The number of hydrogen-bond donors (Lipinski definition) is 0. The summed E-state index contributed by atoms with van der Waals surface area (Å²) >= 11 is 0. The summed E-state index contributed by atoms with van der Waals surface area (Å²) in [5, 5.41) is 0. The zero-order chi connectivity index (χ0) is 13.7. The first-order valence-corrected chi connectivity index (χ1v) is 7.17. The third kappa shape index (κ3) is 3.69.